The van der Waals surface area contributed by atoms with Gasteiger partial charge < -0.3 is 9.88 Å². The lowest BCUT2D eigenvalue weighted by molar-refractivity contribution is 0.833. The van der Waals surface area contributed by atoms with Crippen LogP contribution in [0.3, 0.4) is 0 Å². The molecule has 0 spiro atoms. The second-order valence-electron chi connectivity index (χ2n) is 3.77. The number of anilines is 1. The molecule has 3 nitrogen and oxygen atoms in total. The molecule has 1 aromatic heterocycles. The Kier molecular flexibility index (Phi) is 3.59. The molecule has 16 heavy (non-hydrogen) atoms. The summed E-state index contributed by atoms with van der Waals surface area (Å²) in [4.78, 5) is 4.07. The van der Waals surface area contributed by atoms with Gasteiger partial charge in [-0.3, -0.25) is 0 Å². The lowest BCUT2D eigenvalue weighted by atomic mass is 10.2. The van der Waals surface area contributed by atoms with Crippen molar-refractivity contribution >= 4 is 5.69 Å². The van der Waals surface area contributed by atoms with E-state index in [4.69, 9.17) is 0 Å². The third-order valence-corrected chi connectivity index (χ3v) is 2.53. The van der Waals surface area contributed by atoms with Crippen molar-refractivity contribution in [2.45, 2.75) is 19.8 Å². The molecule has 1 heterocycles. The number of aromatic nitrogens is 2. The lowest BCUT2D eigenvalue weighted by Gasteiger charge is -2.11. The molecule has 2 aromatic rings. The van der Waals surface area contributed by atoms with Gasteiger partial charge in [-0.15, -0.1) is 0 Å². The van der Waals surface area contributed by atoms with E-state index in [1.54, 1.807) is 6.20 Å². The minimum Gasteiger partial charge on any atom is -0.383 e. The second-order valence-corrected chi connectivity index (χ2v) is 3.77. The van der Waals surface area contributed by atoms with Gasteiger partial charge in [0, 0.05) is 18.9 Å². The molecule has 0 amide bonds. The number of unbranched alkanes of at least 4 members (excludes halogenated alkanes) is 1. The molecule has 0 saturated carbocycles. The van der Waals surface area contributed by atoms with E-state index >= 15 is 0 Å². The van der Waals surface area contributed by atoms with E-state index in [9.17, 15) is 0 Å². The van der Waals surface area contributed by atoms with E-state index in [1.807, 2.05) is 23.2 Å². The first-order valence-corrected chi connectivity index (χ1v) is 5.73. The Morgan fingerprint density at radius 2 is 2.19 bits per heavy atom. The highest BCUT2D eigenvalue weighted by Crippen LogP contribution is 2.19. The van der Waals surface area contributed by atoms with Crippen molar-refractivity contribution in [3.05, 3.63) is 43.0 Å². The Morgan fingerprint density at radius 1 is 1.31 bits per heavy atom. The maximum absolute atomic E-state index is 4.07. The predicted molar refractivity (Wildman–Crippen MR) is 67.0 cm³/mol. The van der Waals surface area contributed by atoms with E-state index in [-0.39, 0.29) is 0 Å². The maximum Gasteiger partial charge on any atom is 0.0992 e. The summed E-state index contributed by atoms with van der Waals surface area (Å²) in [5.41, 5.74) is 2.31. The first-order valence-electron chi connectivity index (χ1n) is 5.73. The predicted octanol–water partition coefficient (Wildman–Crippen LogP) is 3.08. The normalized spacial score (nSPS) is 10.3. The quantitative estimate of drug-likeness (QED) is 0.777. The Bertz CT molecular complexity index is 421. The van der Waals surface area contributed by atoms with Crippen molar-refractivity contribution in [1.29, 1.82) is 0 Å². The fraction of sp³-hybridized carbons (Fsp3) is 0.308. The molecule has 1 N–H and O–H groups in total. The number of nitrogens with one attached hydrogen (secondary N) is 1. The molecule has 0 bridgehead atoms. The fourth-order valence-electron chi connectivity index (χ4n) is 1.65. The molecule has 0 aliphatic heterocycles. The van der Waals surface area contributed by atoms with Gasteiger partial charge >= 0.3 is 0 Å². The highest BCUT2D eigenvalue weighted by molar-refractivity contribution is 5.60. The van der Waals surface area contributed by atoms with E-state index in [0.717, 1.165) is 17.9 Å². The summed E-state index contributed by atoms with van der Waals surface area (Å²) in [6.07, 6.45) is 7.97. The van der Waals surface area contributed by atoms with Gasteiger partial charge in [0.25, 0.3) is 0 Å². The number of hydrogen-bond acceptors (Lipinski definition) is 2. The van der Waals surface area contributed by atoms with Crippen LogP contribution in [0.1, 0.15) is 19.8 Å². The average Bonchev–Trinajstić information content (AvgIpc) is 2.83. The molecule has 0 aliphatic rings. The van der Waals surface area contributed by atoms with Crippen LogP contribution in [-0.2, 0) is 0 Å². The molecule has 0 saturated heterocycles. The minimum absolute atomic E-state index is 1.02. The monoisotopic (exact) mass is 215 g/mol. The van der Waals surface area contributed by atoms with Crippen LogP contribution in [-0.4, -0.2) is 16.1 Å². The van der Waals surface area contributed by atoms with Crippen LogP contribution in [0.25, 0.3) is 5.69 Å². The van der Waals surface area contributed by atoms with Gasteiger partial charge in [-0.25, -0.2) is 4.98 Å². The number of para-hydroxylation sites is 2. The van der Waals surface area contributed by atoms with E-state index in [0.29, 0.717) is 0 Å². The molecular weight excluding hydrogens is 198 g/mol. The molecule has 2 rings (SSSR count). The van der Waals surface area contributed by atoms with Crippen LogP contribution in [0.5, 0.6) is 0 Å². The molecule has 0 fully saturated rings. The van der Waals surface area contributed by atoms with Gasteiger partial charge in [0.1, 0.15) is 0 Å². The van der Waals surface area contributed by atoms with E-state index in [1.165, 1.54) is 12.8 Å². The maximum atomic E-state index is 4.07. The van der Waals surface area contributed by atoms with Crippen molar-refractivity contribution < 1.29 is 0 Å². The summed E-state index contributed by atoms with van der Waals surface area (Å²) in [6.45, 7) is 3.21. The first-order chi connectivity index (χ1) is 7.92. The summed E-state index contributed by atoms with van der Waals surface area (Å²) in [7, 11) is 0. The molecule has 0 radical (unpaired) electrons. The number of rotatable bonds is 5. The van der Waals surface area contributed by atoms with Crippen LogP contribution in [0.2, 0.25) is 0 Å². The summed E-state index contributed by atoms with van der Waals surface area (Å²) < 4.78 is 2.02. The summed E-state index contributed by atoms with van der Waals surface area (Å²) in [5, 5.41) is 3.45. The zero-order chi connectivity index (χ0) is 11.2. The van der Waals surface area contributed by atoms with Gasteiger partial charge in [0.2, 0.25) is 0 Å². The molecular formula is C13H17N3. The first kappa shape index (κ1) is 10.7. The molecule has 0 atom stereocenters. The van der Waals surface area contributed by atoms with Gasteiger partial charge in [-0.05, 0) is 18.6 Å². The van der Waals surface area contributed by atoms with Gasteiger partial charge in [0.15, 0.2) is 0 Å². The standard InChI is InChI=1S/C13H17N3/c1-2-3-8-15-12-6-4-5-7-13(12)16-10-9-14-11-16/h4-7,9-11,15H,2-3,8H2,1H3. The lowest BCUT2D eigenvalue weighted by Crippen LogP contribution is -2.04. The van der Waals surface area contributed by atoms with Gasteiger partial charge in [0.05, 0.1) is 17.7 Å². The van der Waals surface area contributed by atoms with Crippen molar-refractivity contribution in [1.82, 2.24) is 9.55 Å². The van der Waals surface area contributed by atoms with Crippen molar-refractivity contribution in [2.75, 3.05) is 11.9 Å². The van der Waals surface area contributed by atoms with Crippen LogP contribution < -0.4 is 5.32 Å². The molecule has 1 aromatic carbocycles. The van der Waals surface area contributed by atoms with Crippen LogP contribution in [0.4, 0.5) is 5.69 Å². The van der Waals surface area contributed by atoms with Gasteiger partial charge in [-0.2, -0.15) is 0 Å². The second kappa shape index (κ2) is 5.35. The van der Waals surface area contributed by atoms with E-state index < -0.39 is 0 Å². The fourth-order valence-corrected chi connectivity index (χ4v) is 1.65. The van der Waals surface area contributed by atoms with Crippen LogP contribution in [0.15, 0.2) is 43.0 Å². The minimum atomic E-state index is 1.02. The summed E-state index contributed by atoms with van der Waals surface area (Å²) >= 11 is 0. The van der Waals surface area contributed by atoms with Crippen LogP contribution >= 0.6 is 0 Å². The zero-order valence-electron chi connectivity index (χ0n) is 9.56. The Labute approximate surface area is 96.1 Å². The molecule has 0 unspecified atom stereocenters. The Balaban J connectivity index is 2.18. The number of imidazole rings is 1. The smallest absolute Gasteiger partial charge is 0.0992 e. The highest BCUT2D eigenvalue weighted by Gasteiger charge is 2.01. The third kappa shape index (κ3) is 2.42. The number of hydrogen-bond donors (Lipinski definition) is 1. The van der Waals surface area contributed by atoms with Gasteiger partial charge in [-0.1, -0.05) is 25.5 Å². The third-order valence-electron chi connectivity index (χ3n) is 2.53. The topological polar surface area (TPSA) is 29.9 Å². The average molecular weight is 215 g/mol. The van der Waals surface area contributed by atoms with Crippen LogP contribution in [0, 0.1) is 0 Å². The summed E-state index contributed by atoms with van der Waals surface area (Å²) in [6, 6.07) is 8.29. The summed E-state index contributed by atoms with van der Waals surface area (Å²) in [5.74, 6) is 0. The SMILES string of the molecule is CCCCNc1ccccc1-n1ccnc1. The number of nitrogens with zero attached hydrogens (tertiary/aromatic N) is 2. The number of benzene rings is 1. The molecule has 84 valence electrons. The van der Waals surface area contributed by atoms with Crippen molar-refractivity contribution in [2.24, 2.45) is 0 Å². The Morgan fingerprint density at radius 3 is 2.94 bits per heavy atom. The molecule has 0 aliphatic carbocycles. The van der Waals surface area contributed by atoms with E-state index in [2.05, 4.69) is 35.4 Å². The van der Waals surface area contributed by atoms with Crippen molar-refractivity contribution in [3.63, 3.8) is 0 Å². The largest absolute Gasteiger partial charge is 0.383 e. The zero-order valence-corrected chi connectivity index (χ0v) is 9.56. The highest BCUT2D eigenvalue weighted by atomic mass is 15.0. The molecule has 3 heteroatoms. The Hall–Kier alpha value is -1.77. The van der Waals surface area contributed by atoms with Crippen molar-refractivity contribution in [3.8, 4) is 5.69 Å².